The van der Waals surface area contributed by atoms with Crippen molar-refractivity contribution in [2.45, 2.75) is 0 Å². The average molecular weight is 601 g/mol. The molecule has 0 saturated carbocycles. The lowest BCUT2D eigenvalue weighted by atomic mass is 9.59. The van der Waals surface area contributed by atoms with Gasteiger partial charge in [-0.1, -0.05) is 101 Å². The standard InChI is InChI=1S/C39H18B8N2/c40-31-27-25(19-10-3-1-4-11-19)28-30(34(43)38(47)36(45)32(28)41)26(29(27)33(42)37(46)35(31)44)20-12-9-13-21(18-20)39-48-23-16-7-8-17-24(23)49(39)22-14-5-2-6-15-22/h1-18H. The quantitative estimate of drug-likeness (QED) is 0.215. The maximum atomic E-state index is 6.92. The molecule has 10 heteroatoms. The van der Waals surface area contributed by atoms with E-state index in [1.807, 2.05) is 91.0 Å². The smallest absolute Gasteiger partial charge is 0.145 e. The van der Waals surface area contributed by atoms with Crippen LogP contribution < -0.4 is 43.7 Å². The molecule has 0 amide bonds. The molecule has 8 rings (SSSR count). The van der Waals surface area contributed by atoms with Crippen LogP contribution in [0.15, 0.2) is 109 Å². The topological polar surface area (TPSA) is 17.8 Å². The highest BCUT2D eigenvalue weighted by Gasteiger charge is 2.25. The summed E-state index contributed by atoms with van der Waals surface area (Å²) in [5.41, 5.74) is 8.23. The van der Waals surface area contributed by atoms with E-state index in [1.165, 1.54) is 0 Å². The zero-order valence-electron chi connectivity index (χ0n) is 26.4. The van der Waals surface area contributed by atoms with Gasteiger partial charge in [-0.05, 0) is 74.1 Å². The first-order valence-corrected chi connectivity index (χ1v) is 15.6. The Labute approximate surface area is 296 Å². The Balaban J connectivity index is 1.56. The van der Waals surface area contributed by atoms with Crippen molar-refractivity contribution in [1.29, 1.82) is 0 Å². The Morgan fingerprint density at radius 3 is 1.37 bits per heavy atom. The zero-order valence-corrected chi connectivity index (χ0v) is 26.4. The van der Waals surface area contributed by atoms with Crippen LogP contribution >= 0.6 is 0 Å². The Morgan fingerprint density at radius 2 is 0.816 bits per heavy atom. The molecule has 0 bridgehead atoms. The molecule has 2 nitrogen and oxygen atoms in total. The van der Waals surface area contributed by atoms with E-state index in [1.54, 1.807) is 0 Å². The second-order valence-corrected chi connectivity index (χ2v) is 12.1. The van der Waals surface area contributed by atoms with Crippen LogP contribution in [0.1, 0.15) is 0 Å². The second kappa shape index (κ2) is 11.9. The highest BCUT2D eigenvalue weighted by Crippen LogP contribution is 2.41. The van der Waals surface area contributed by atoms with Crippen molar-refractivity contribution in [1.82, 2.24) is 9.55 Å². The highest BCUT2D eigenvalue weighted by molar-refractivity contribution is 6.71. The minimum Gasteiger partial charge on any atom is -0.292 e. The fourth-order valence-electron chi connectivity index (χ4n) is 7.00. The molecule has 7 aromatic carbocycles. The minimum absolute atomic E-state index is 0.168. The Morgan fingerprint density at radius 1 is 0.388 bits per heavy atom. The predicted octanol–water partition coefficient (Wildman–Crippen LogP) is 0.683. The number of hydrogen-bond acceptors (Lipinski definition) is 1. The lowest BCUT2D eigenvalue weighted by Gasteiger charge is -2.28. The van der Waals surface area contributed by atoms with Crippen LogP contribution in [0.3, 0.4) is 0 Å². The van der Waals surface area contributed by atoms with Gasteiger partial charge in [0.05, 0.1) is 11.0 Å². The molecule has 0 atom stereocenters. The summed E-state index contributed by atoms with van der Waals surface area (Å²) >= 11 is 0. The summed E-state index contributed by atoms with van der Waals surface area (Å²) in [7, 11) is 53.7. The molecule has 208 valence electrons. The number of nitrogens with zero attached hydrogens (tertiary/aromatic N) is 2. The van der Waals surface area contributed by atoms with Crippen molar-refractivity contribution in [2.75, 3.05) is 0 Å². The SMILES string of the molecule is [B]c1c([B])c([B])c2c(-c3cccc(-c4nc5ccccc5n4-c4ccccc4)c3)c3c([B])c([B])c([B])c([B])c3c(-c3ccccc3)c2c1[B]. The lowest BCUT2D eigenvalue weighted by Crippen LogP contribution is -2.50. The highest BCUT2D eigenvalue weighted by atomic mass is 15.1. The molecule has 0 unspecified atom stereocenters. The molecule has 0 aliphatic rings. The number of imidazole rings is 1. The van der Waals surface area contributed by atoms with Gasteiger partial charge in [-0.2, -0.15) is 0 Å². The number of fused-ring (bicyclic) bond motifs is 3. The first-order valence-electron chi connectivity index (χ1n) is 15.6. The van der Waals surface area contributed by atoms with Crippen LogP contribution in [0, 0.1) is 0 Å². The fourth-order valence-corrected chi connectivity index (χ4v) is 7.00. The molecule has 0 N–H and O–H groups in total. The third-order valence-corrected chi connectivity index (χ3v) is 9.37. The summed E-state index contributed by atoms with van der Waals surface area (Å²) in [5, 5.41) is 2.30. The van der Waals surface area contributed by atoms with Crippen LogP contribution in [-0.2, 0) is 0 Å². The van der Waals surface area contributed by atoms with E-state index >= 15 is 0 Å². The van der Waals surface area contributed by atoms with Crippen molar-refractivity contribution in [2.24, 2.45) is 0 Å². The maximum Gasteiger partial charge on any atom is 0.145 e. The van der Waals surface area contributed by atoms with Gasteiger partial charge in [0.1, 0.15) is 68.6 Å². The summed E-state index contributed by atoms with van der Waals surface area (Å²) in [6.45, 7) is 0. The van der Waals surface area contributed by atoms with Crippen molar-refractivity contribution in [3.05, 3.63) is 109 Å². The molecule has 1 heterocycles. The van der Waals surface area contributed by atoms with Crippen molar-refractivity contribution in [3.63, 3.8) is 0 Å². The molecule has 1 aromatic heterocycles. The van der Waals surface area contributed by atoms with E-state index in [9.17, 15) is 0 Å². The molecule has 0 aliphatic heterocycles. The molecule has 8 aromatic rings. The third-order valence-electron chi connectivity index (χ3n) is 9.37. The van der Waals surface area contributed by atoms with E-state index in [-0.39, 0.29) is 43.7 Å². The number of rotatable bonds is 4. The van der Waals surface area contributed by atoms with Crippen LogP contribution in [0.5, 0.6) is 0 Å². The van der Waals surface area contributed by atoms with Crippen molar-refractivity contribution >= 4 is 139 Å². The maximum absolute atomic E-state index is 6.92. The average Bonchev–Trinajstić information content (AvgIpc) is 3.54. The Hall–Kier alpha value is -4.95. The van der Waals surface area contributed by atoms with Crippen molar-refractivity contribution < 1.29 is 0 Å². The summed E-state index contributed by atoms with van der Waals surface area (Å²) in [6.07, 6.45) is 0. The van der Waals surface area contributed by atoms with E-state index in [0.29, 0.717) is 32.7 Å². The molecular weight excluding hydrogens is 583 g/mol. The number of hydrogen-bond donors (Lipinski definition) is 0. The molecule has 0 fully saturated rings. The Bertz CT molecular complexity index is 2550. The second-order valence-electron chi connectivity index (χ2n) is 12.1. The number of aromatic nitrogens is 2. The predicted molar refractivity (Wildman–Crippen MR) is 215 cm³/mol. The van der Waals surface area contributed by atoms with E-state index < -0.39 is 0 Å². The number of para-hydroxylation sites is 3. The van der Waals surface area contributed by atoms with Gasteiger partial charge in [0.2, 0.25) is 0 Å². The summed E-state index contributed by atoms with van der Waals surface area (Å²) in [5.74, 6) is 0.747. The van der Waals surface area contributed by atoms with E-state index in [2.05, 4.69) is 22.8 Å². The monoisotopic (exact) mass is 602 g/mol. The molecule has 0 aliphatic carbocycles. The van der Waals surface area contributed by atoms with Gasteiger partial charge in [-0.3, -0.25) is 4.57 Å². The van der Waals surface area contributed by atoms with Crippen LogP contribution in [0.25, 0.3) is 71.9 Å². The van der Waals surface area contributed by atoms with Gasteiger partial charge in [-0.25, -0.2) is 4.98 Å². The fraction of sp³-hybridized carbons (Fsp3) is 0. The molecular formula is C39H18B8N2. The van der Waals surface area contributed by atoms with Crippen LogP contribution in [0.4, 0.5) is 0 Å². The summed E-state index contributed by atoms with van der Waals surface area (Å²) in [4.78, 5) is 5.09. The molecule has 0 saturated heterocycles. The van der Waals surface area contributed by atoms with Gasteiger partial charge >= 0.3 is 0 Å². The lowest BCUT2D eigenvalue weighted by molar-refractivity contribution is 1.10. The Kier molecular flexibility index (Phi) is 7.59. The molecule has 16 radical (unpaired) electrons. The molecule has 0 spiro atoms. The van der Waals surface area contributed by atoms with Gasteiger partial charge in [0.15, 0.2) is 0 Å². The number of benzene rings is 7. The van der Waals surface area contributed by atoms with Gasteiger partial charge in [-0.15, -0.1) is 21.9 Å². The van der Waals surface area contributed by atoms with Gasteiger partial charge < -0.3 is 0 Å². The van der Waals surface area contributed by atoms with Crippen LogP contribution in [-0.4, -0.2) is 72.3 Å². The summed E-state index contributed by atoms with van der Waals surface area (Å²) in [6, 6.07) is 35.8. The van der Waals surface area contributed by atoms with Gasteiger partial charge in [0.25, 0.3) is 0 Å². The first-order chi connectivity index (χ1) is 23.7. The van der Waals surface area contributed by atoms with E-state index in [4.69, 9.17) is 67.8 Å². The third kappa shape index (κ3) is 4.71. The largest absolute Gasteiger partial charge is 0.292 e. The van der Waals surface area contributed by atoms with Crippen molar-refractivity contribution in [3.8, 4) is 39.3 Å². The van der Waals surface area contributed by atoms with Crippen LogP contribution in [0.2, 0.25) is 0 Å². The summed E-state index contributed by atoms with van der Waals surface area (Å²) < 4.78 is 2.14. The minimum atomic E-state index is 0.168. The normalized spacial score (nSPS) is 11.5. The van der Waals surface area contributed by atoms with Gasteiger partial charge in [0, 0.05) is 11.3 Å². The van der Waals surface area contributed by atoms with E-state index in [0.717, 1.165) is 39.2 Å². The first kappa shape index (κ1) is 31.3. The zero-order chi connectivity index (χ0) is 34.1. The molecule has 49 heavy (non-hydrogen) atoms.